The van der Waals surface area contributed by atoms with Crippen LogP contribution in [0.4, 0.5) is 0 Å². The van der Waals surface area contributed by atoms with Crippen molar-refractivity contribution in [1.82, 2.24) is 9.47 Å². The number of hydrogen-bond acceptors (Lipinski definition) is 2. The molecule has 0 unspecified atom stereocenters. The van der Waals surface area contributed by atoms with E-state index in [1.165, 1.54) is 5.56 Å². The summed E-state index contributed by atoms with van der Waals surface area (Å²) in [6.45, 7) is 5.76. The van der Waals surface area contributed by atoms with Crippen molar-refractivity contribution in [1.29, 1.82) is 0 Å². The number of likely N-dealkylation sites (tertiary alicyclic amines) is 1. The minimum absolute atomic E-state index is 0.00818. The highest BCUT2D eigenvalue weighted by molar-refractivity contribution is 5.96. The van der Waals surface area contributed by atoms with Crippen molar-refractivity contribution in [2.45, 2.75) is 26.8 Å². The smallest absolute Gasteiger partial charge is 0.255 e. The molecule has 2 amide bonds. The van der Waals surface area contributed by atoms with Crippen molar-refractivity contribution in [2.24, 2.45) is 11.7 Å². The molecule has 0 radical (unpaired) electrons. The molecule has 1 fully saturated rings. The number of nitrogens with zero attached hydrogens (tertiary/aromatic N) is 2. The van der Waals surface area contributed by atoms with E-state index in [0.29, 0.717) is 25.1 Å². The molecule has 1 atom stereocenters. The minimum atomic E-state index is -0.320. The lowest BCUT2D eigenvalue weighted by atomic mass is 10.1. The Morgan fingerprint density at radius 2 is 1.92 bits per heavy atom. The maximum Gasteiger partial charge on any atom is 0.255 e. The highest BCUT2D eigenvalue weighted by Gasteiger charge is 2.31. The first kappa shape index (κ1) is 16.3. The molecule has 1 aliphatic heterocycles. The predicted molar refractivity (Wildman–Crippen MR) is 92.7 cm³/mol. The average molecular weight is 325 g/mol. The number of aryl methyl sites for hydroxylation is 1. The molecule has 1 aliphatic rings. The molecular formula is C19H23N3O2. The van der Waals surface area contributed by atoms with E-state index < -0.39 is 0 Å². The summed E-state index contributed by atoms with van der Waals surface area (Å²) >= 11 is 0. The largest absolute Gasteiger partial charge is 0.369 e. The highest BCUT2D eigenvalue weighted by atomic mass is 16.2. The van der Waals surface area contributed by atoms with Crippen LogP contribution in [0.5, 0.6) is 0 Å². The van der Waals surface area contributed by atoms with Crippen LogP contribution in [-0.4, -0.2) is 34.4 Å². The number of benzene rings is 1. The van der Waals surface area contributed by atoms with E-state index in [9.17, 15) is 9.59 Å². The number of nitrogens with two attached hydrogens (primary N) is 1. The van der Waals surface area contributed by atoms with E-state index in [1.807, 2.05) is 38.1 Å². The van der Waals surface area contributed by atoms with Gasteiger partial charge >= 0.3 is 0 Å². The second kappa shape index (κ2) is 6.51. The predicted octanol–water partition coefficient (Wildman–Crippen LogP) is 2.10. The molecule has 1 aromatic heterocycles. The monoisotopic (exact) mass is 325 g/mol. The summed E-state index contributed by atoms with van der Waals surface area (Å²) in [7, 11) is 0. The van der Waals surface area contributed by atoms with Crippen LogP contribution >= 0.6 is 0 Å². The third kappa shape index (κ3) is 3.07. The van der Waals surface area contributed by atoms with Gasteiger partial charge in [-0.1, -0.05) is 30.3 Å². The average Bonchev–Trinajstić information content (AvgIpc) is 3.16. The van der Waals surface area contributed by atoms with Gasteiger partial charge in [-0.25, -0.2) is 0 Å². The van der Waals surface area contributed by atoms with Gasteiger partial charge in [0.2, 0.25) is 5.91 Å². The number of aromatic nitrogens is 1. The first-order chi connectivity index (χ1) is 11.5. The second-order valence-corrected chi connectivity index (χ2v) is 6.50. The Balaban J connectivity index is 1.81. The first-order valence-electron chi connectivity index (χ1n) is 8.26. The lowest BCUT2D eigenvalue weighted by Gasteiger charge is -2.16. The van der Waals surface area contributed by atoms with E-state index in [2.05, 4.69) is 16.7 Å². The molecule has 3 rings (SSSR count). The normalized spacial score (nSPS) is 17.2. The number of rotatable bonds is 4. The van der Waals surface area contributed by atoms with Crippen LogP contribution in [-0.2, 0) is 11.3 Å². The maximum absolute atomic E-state index is 12.8. The fourth-order valence-corrected chi connectivity index (χ4v) is 3.37. The zero-order chi connectivity index (χ0) is 17.3. The number of amides is 2. The molecular weight excluding hydrogens is 302 g/mol. The van der Waals surface area contributed by atoms with E-state index in [0.717, 1.165) is 17.9 Å². The number of carbonyl (C=O) groups excluding carboxylic acids is 2. The van der Waals surface area contributed by atoms with Gasteiger partial charge in [0.15, 0.2) is 0 Å². The Labute approximate surface area is 142 Å². The van der Waals surface area contributed by atoms with E-state index in [4.69, 9.17) is 5.73 Å². The van der Waals surface area contributed by atoms with Crippen LogP contribution < -0.4 is 5.73 Å². The summed E-state index contributed by atoms with van der Waals surface area (Å²) < 4.78 is 2.16. The third-order valence-electron chi connectivity index (χ3n) is 4.87. The molecule has 24 heavy (non-hydrogen) atoms. The van der Waals surface area contributed by atoms with Gasteiger partial charge in [-0.3, -0.25) is 9.59 Å². The van der Waals surface area contributed by atoms with Crippen LogP contribution in [0.3, 0.4) is 0 Å². The maximum atomic E-state index is 12.8. The molecule has 1 saturated heterocycles. The quantitative estimate of drug-likeness (QED) is 0.935. The van der Waals surface area contributed by atoms with Crippen molar-refractivity contribution < 1.29 is 9.59 Å². The molecule has 0 aliphatic carbocycles. The van der Waals surface area contributed by atoms with Crippen molar-refractivity contribution >= 4 is 11.8 Å². The van der Waals surface area contributed by atoms with Gasteiger partial charge in [0, 0.05) is 31.0 Å². The molecule has 2 aromatic rings. The fraction of sp³-hybridized carbons (Fsp3) is 0.368. The number of hydrogen-bond donors (Lipinski definition) is 1. The fourth-order valence-electron chi connectivity index (χ4n) is 3.37. The van der Waals surface area contributed by atoms with Crippen molar-refractivity contribution in [3.8, 4) is 0 Å². The van der Waals surface area contributed by atoms with Crippen LogP contribution in [0.15, 0.2) is 36.4 Å². The van der Waals surface area contributed by atoms with Crippen molar-refractivity contribution in [3.63, 3.8) is 0 Å². The number of primary amides is 1. The molecule has 126 valence electrons. The van der Waals surface area contributed by atoms with Gasteiger partial charge in [0.05, 0.1) is 11.5 Å². The van der Waals surface area contributed by atoms with Crippen LogP contribution in [0.1, 0.15) is 33.7 Å². The molecule has 5 nitrogen and oxygen atoms in total. The Kier molecular flexibility index (Phi) is 4.42. The number of carbonyl (C=O) groups is 2. The Morgan fingerprint density at radius 1 is 1.21 bits per heavy atom. The summed E-state index contributed by atoms with van der Waals surface area (Å²) in [5, 5.41) is 0. The van der Waals surface area contributed by atoms with Crippen LogP contribution in [0, 0.1) is 19.8 Å². The highest BCUT2D eigenvalue weighted by Crippen LogP contribution is 2.23. The Bertz CT molecular complexity index is 764. The SMILES string of the molecule is Cc1cc(C(=O)N2CC[C@H](C(N)=O)C2)c(C)n1Cc1ccccc1. The molecule has 5 heteroatoms. The van der Waals surface area contributed by atoms with E-state index in [1.54, 1.807) is 4.90 Å². The van der Waals surface area contributed by atoms with Crippen molar-refractivity contribution in [2.75, 3.05) is 13.1 Å². The van der Waals surface area contributed by atoms with Gasteiger partial charge < -0.3 is 15.2 Å². The third-order valence-corrected chi connectivity index (χ3v) is 4.87. The molecule has 2 N–H and O–H groups in total. The van der Waals surface area contributed by atoms with Gasteiger partial charge in [-0.05, 0) is 31.9 Å². The summed E-state index contributed by atoms with van der Waals surface area (Å²) in [5.74, 6) is -0.548. The Hall–Kier alpha value is -2.56. The van der Waals surface area contributed by atoms with E-state index >= 15 is 0 Å². The molecule has 0 saturated carbocycles. The lowest BCUT2D eigenvalue weighted by Crippen LogP contribution is -2.32. The standard InChI is InChI=1S/C19H23N3O2/c1-13-10-17(19(24)21-9-8-16(12-21)18(20)23)14(2)22(13)11-15-6-4-3-5-7-15/h3-7,10,16H,8-9,11-12H2,1-2H3,(H2,20,23)/t16-/m0/s1. The second-order valence-electron chi connectivity index (χ2n) is 6.50. The zero-order valence-electron chi connectivity index (χ0n) is 14.2. The summed E-state index contributed by atoms with van der Waals surface area (Å²) in [4.78, 5) is 25.9. The van der Waals surface area contributed by atoms with Crippen LogP contribution in [0.25, 0.3) is 0 Å². The first-order valence-corrected chi connectivity index (χ1v) is 8.26. The molecule has 2 heterocycles. The molecule has 1 aromatic carbocycles. The van der Waals surface area contributed by atoms with Gasteiger partial charge in [-0.15, -0.1) is 0 Å². The van der Waals surface area contributed by atoms with Gasteiger partial charge in [-0.2, -0.15) is 0 Å². The summed E-state index contributed by atoms with van der Waals surface area (Å²) in [6.07, 6.45) is 0.657. The molecule has 0 spiro atoms. The lowest BCUT2D eigenvalue weighted by molar-refractivity contribution is -0.121. The van der Waals surface area contributed by atoms with E-state index in [-0.39, 0.29) is 17.7 Å². The van der Waals surface area contributed by atoms with Crippen molar-refractivity contribution in [3.05, 3.63) is 58.9 Å². The van der Waals surface area contributed by atoms with Gasteiger partial charge in [0.25, 0.3) is 5.91 Å². The summed E-state index contributed by atoms with van der Waals surface area (Å²) in [5.41, 5.74) is 9.30. The summed E-state index contributed by atoms with van der Waals surface area (Å²) in [6, 6.07) is 12.1. The minimum Gasteiger partial charge on any atom is -0.369 e. The van der Waals surface area contributed by atoms with Crippen LogP contribution in [0.2, 0.25) is 0 Å². The Morgan fingerprint density at radius 3 is 2.54 bits per heavy atom. The molecule has 0 bridgehead atoms. The topological polar surface area (TPSA) is 68.3 Å². The zero-order valence-corrected chi connectivity index (χ0v) is 14.2. The van der Waals surface area contributed by atoms with Gasteiger partial charge in [0.1, 0.15) is 0 Å².